The van der Waals surface area contributed by atoms with Gasteiger partial charge < -0.3 is 4.90 Å². The summed E-state index contributed by atoms with van der Waals surface area (Å²) >= 11 is 9.21. The molecule has 0 aliphatic carbocycles. The van der Waals surface area contributed by atoms with Gasteiger partial charge in [0.25, 0.3) is 0 Å². The first kappa shape index (κ1) is 10.9. The minimum atomic E-state index is 0.268. The van der Waals surface area contributed by atoms with Crippen LogP contribution in [-0.4, -0.2) is 23.9 Å². The molecule has 1 fully saturated rings. The maximum absolute atomic E-state index is 11.3. The lowest BCUT2D eigenvalue weighted by molar-refractivity contribution is -0.118. The van der Waals surface area contributed by atoms with Crippen LogP contribution in [0.2, 0.25) is 5.02 Å². The van der Waals surface area contributed by atoms with Crippen LogP contribution in [0.15, 0.2) is 16.7 Å². The van der Waals surface area contributed by atoms with Crippen molar-refractivity contribution in [3.05, 3.63) is 21.8 Å². The number of ketones is 1. The fraction of sp³-hybridized carbons (Fsp3) is 0.400. The Bertz CT molecular complexity index is 397. The molecule has 15 heavy (non-hydrogen) atoms. The number of aromatic nitrogens is 1. The molecule has 1 aliphatic rings. The molecule has 2 rings (SSSR count). The first-order valence-electron chi connectivity index (χ1n) is 4.74. The molecule has 2 heterocycles. The summed E-state index contributed by atoms with van der Waals surface area (Å²) in [6.07, 6.45) is 3.18. The van der Waals surface area contributed by atoms with Crippen molar-refractivity contribution >= 4 is 39.1 Å². The van der Waals surface area contributed by atoms with E-state index in [0.717, 1.165) is 23.3 Å². The molecule has 0 radical (unpaired) electrons. The van der Waals surface area contributed by atoms with E-state index in [1.165, 1.54) is 0 Å². The van der Waals surface area contributed by atoms with E-state index in [2.05, 4.69) is 20.9 Å². The number of hydrogen-bond acceptors (Lipinski definition) is 3. The average Bonchev–Trinajstić information content (AvgIpc) is 2.17. The van der Waals surface area contributed by atoms with Gasteiger partial charge in [0.15, 0.2) is 5.78 Å². The van der Waals surface area contributed by atoms with Crippen molar-refractivity contribution in [1.29, 1.82) is 0 Å². The Morgan fingerprint density at radius 1 is 1.53 bits per heavy atom. The van der Waals surface area contributed by atoms with Crippen LogP contribution in [0.3, 0.4) is 0 Å². The van der Waals surface area contributed by atoms with Gasteiger partial charge in [-0.05, 0) is 28.4 Å². The standard InChI is InChI=1S/C10H10BrClN2O/c11-9-4-7(12)5-13-10(9)14-3-1-2-8(15)6-14/h4-5H,1-3,6H2. The van der Waals surface area contributed by atoms with Gasteiger partial charge in [0, 0.05) is 19.2 Å². The van der Waals surface area contributed by atoms with Gasteiger partial charge >= 0.3 is 0 Å². The Labute approximate surface area is 102 Å². The number of carbonyl (C=O) groups is 1. The summed E-state index contributed by atoms with van der Waals surface area (Å²) in [5.41, 5.74) is 0. The number of Topliss-reactive ketones (excluding diaryl/α,β-unsaturated/α-hetero) is 1. The third-order valence-electron chi connectivity index (χ3n) is 2.34. The van der Waals surface area contributed by atoms with E-state index in [4.69, 9.17) is 11.6 Å². The minimum absolute atomic E-state index is 0.268. The van der Waals surface area contributed by atoms with Gasteiger partial charge in [-0.2, -0.15) is 0 Å². The quantitative estimate of drug-likeness (QED) is 0.797. The van der Waals surface area contributed by atoms with Crippen molar-refractivity contribution < 1.29 is 4.79 Å². The summed E-state index contributed by atoms with van der Waals surface area (Å²) in [6, 6.07) is 1.79. The molecule has 1 aromatic heterocycles. The van der Waals surface area contributed by atoms with Crippen molar-refractivity contribution in [2.45, 2.75) is 12.8 Å². The van der Waals surface area contributed by atoms with Crippen LogP contribution in [0.4, 0.5) is 5.82 Å². The van der Waals surface area contributed by atoms with E-state index < -0.39 is 0 Å². The van der Waals surface area contributed by atoms with E-state index in [1.54, 1.807) is 12.3 Å². The van der Waals surface area contributed by atoms with Crippen LogP contribution in [0.1, 0.15) is 12.8 Å². The van der Waals surface area contributed by atoms with E-state index in [-0.39, 0.29) is 5.78 Å². The zero-order valence-electron chi connectivity index (χ0n) is 8.04. The molecule has 1 aromatic rings. The lowest BCUT2D eigenvalue weighted by Crippen LogP contribution is -2.36. The Morgan fingerprint density at radius 3 is 3.00 bits per heavy atom. The minimum Gasteiger partial charge on any atom is -0.348 e. The van der Waals surface area contributed by atoms with Gasteiger partial charge in [0.2, 0.25) is 0 Å². The summed E-state index contributed by atoms with van der Waals surface area (Å²) in [5, 5.41) is 0.592. The SMILES string of the molecule is O=C1CCCN(c2ncc(Cl)cc2Br)C1. The number of pyridine rings is 1. The molecule has 1 saturated heterocycles. The number of piperidine rings is 1. The van der Waals surface area contributed by atoms with Gasteiger partial charge in [-0.25, -0.2) is 4.98 Å². The Balaban J connectivity index is 2.24. The van der Waals surface area contributed by atoms with Crippen molar-refractivity contribution in [2.75, 3.05) is 18.0 Å². The van der Waals surface area contributed by atoms with Gasteiger partial charge in [0.05, 0.1) is 16.0 Å². The number of carbonyl (C=O) groups excluding carboxylic acids is 1. The smallest absolute Gasteiger partial charge is 0.152 e. The Morgan fingerprint density at radius 2 is 2.33 bits per heavy atom. The number of nitrogens with zero attached hydrogens (tertiary/aromatic N) is 2. The monoisotopic (exact) mass is 288 g/mol. The Hall–Kier alpha value is -0.610. The van der Waals surface area contributed by atoms with Gasteiger partial charge in [-0.15, -0.1) is 0 Å². The van der Waals surface area contributed by atoms with Crippen LogP contribution >= 0.6 is 27.5 Å². The van der Waals surface area contributed by atoms with Crippen LogP contribution in [-0.2, 0) is 4.79 Å². The first-order chi connectivity index (χ1) is 7.16. The third-order valence-corrected chi connectivity index (χ3v) is 3.13. The molecule has 0 atom stereocenters. The summed E-state index contributed by atoms with van der Waals surface area (Å²) in [6.45, 7) is 1.33. The Kier molecular flexibility index (Phi) is 3.26. The second kappa shape index (κ2) is 4.49. The van der Waals surface area contributed by atoms with Crippen LogP contribution in [0.25, 0.3) is 0 Å². The summed E-state index contributed by atoms with van der Waals surface area (Å²) < 4.78 is 0.838. The highest BCUT2D eigenvalue weighted by molar-refractivity contribution is 9.10. The van der Waals surface area contributed by atoms with E-state index in [0.29, 0.717) is 18.0 Å². The van der Waals surface area contributed by atoms with Crippen molar-refractivity contribution in [2.24, 2.45) is 0 Å². The fourth-order valence-corrected chi connectivity index (χ4v) is 2.55. The van der Waals surface area contributed by atoms with Crippen molar-refractivity contribution in [3.8, 4) is 0 Å². The highest BCUT2D eigenvalue weighted by atomic mass is 79.9. The molecule has 80 valence electrons. The number of anilines is 1. The van der Waals surface area contributed by atoms with Gasteiger partial charge in [-0.3, -0.25) is 4.79 Å². The molecule has 0 aromatic carbocycles. The van der Waals surface area contributed by atoms with Crippen LogP contribution in [0.5, 0.6) is 0 Å². The van der Waals surface area contributed by atoms with E-state index >= 15 is 0 Å². The highest BCUT2D eigenvalue weighted by Gasteiger charge is 2.19. The maximum Gasteiger partial charge on any atom is 0.152 e. The normalized spacial score (nSPS) is 16.9. The molecule has 0 amide bonds. The highest BCUT2D eigenvalue weighted by Crippen LogP contribution is 2.27. The molecule has 0 unspecified atom stereocenters. The predicted octanol–water partition coefficient (Wildman–Crippen LogP) is 2.67. The molecule has 1 aliphatic heterocycles. The van der Waals surface area contributed by atoms with Crippen molar-refractivity contribution in [1.82, 2.24) is 4.98 Å². The second-order valence-electron chi connectivity index (χ2n) is 3.52. The fourth-order valence-electron chi connectivity index (χ4n) is 1.66. The number of halogens is 2. The molecule has 3 nitrogen and oxygen atoms in total. The van der Waals surface area contributed by atoms with E-state index in [9.17, 15) is 4.79 Å². The van der Waals surface area contributed by atoms with Gasteiger partial charge in [0.1, 0.15) is 5.82 Å². The molecule has 0 bridgehead atoms. The third kappa shape index (κ3) is 2.49. The molecule has 0 N–H and O–H groups in total. The zero-order chi connectivity index (χ0) is 10.8. The van der Waals surface area contributed by atoms with Crippen LogP contribution < -0.4 is 4.90 Å². The summed E-state index contributed by atoms with van der Waals surface area (Å²) in [7, 11) is 0. The first-order valence-corrected chi connectivity index (χ1v) is 5.91. The topological polar surface area (TPSA) is 33.2 Å². The molecular formula is C10H10BrClN2O. The average molecular weight is 290 g/mol. The second-order valence-corrected chi connectivity index (χ2v) is 4.81. The van der Waals surface area contributed by atoms with E-state index in [1.807, 2.05) is 4.90 Å². The van der Waals surface area contributed by atoms with Crippen molar-refractivity contribution in [3.63, 3.8) is 0 Å². The number of hydrogen-bond donors (Lipinski definition) is 0. The summed E-state index contributed by atoms with van der Waals surface area (Å²) in [4.78, 5) is 17.5. The molecular weight excluding hydrogens is 279 g/mol. The molecule has 0 spiro atoms. The molecule has 0 saturated carbocycles. The maximum atomic E-state index is 11.3. The summed E-state index contributed by atoms with van der Waals surface area (Å²) in [5.74, 6) is 1.07. The van der Waals surface area contributed by atoms with Crippen LogP contribution in [0, 0.1) is 0 Å². The predicted molar refractivity (Wildman–Crippen MR) is 63.4 cm³/mol. The zero-order valence-corrected chi connectivity index (χ0v) is 10.4. The lowest BCUT2D eigenvalue weighted by Gasteiger charge is -2.27. The number of rotatable bonds is 1. The largest absolute Gasteiger partial charge is 0.348 e. The molecule has 5 heteroatoms. The lowest BCUT2D eigenvalue weighted by atomic mass is 10.1. The van der Waals surface area contributed by atoms with Gasteiger partial charge in [-0.1, -0.05) is 11.6 Å².